The predicted molar refractivity (Wildman–Crippen MR) is 49.3 cm³/mol. The van der Waals surface area contributed by atoms with E-state index in [1.54, 1.807) is 6.20 Å². The van der Waals surface area contributed by atoms with Gasteiger partial charge in [-0.1, -0.05) is 6.07 Å². The van der Waals surface area contributed by atoms with Crippen LogP contribution in [-0.4, -0.2) is 23.3 Å². The summed E-state index contributed by atoms with van der Waals surface area (Å²) in [5.74, 6) is 0.568. The molecule has 3 N–H and O–H groups in total. The Balaban J connectivity index is 2.54. The third-order valence-electron chi connectivity index (χ3n) is 1.61. The number of nitrogens with zero attached hydrogens (tertiary/aromatic N) is 1. The molecule has 0 aromatic carbocycles. The van der Waals surface area contributed by atoms with Crippen LogP contribution in [0.1, 0.15) is 12.0 Å². The van der Waals surface area contributed by atoms with E-state index in [2.05, 4.69) is 4.98 Å². The summed E-state index contributed by atoms with van der Waals surface area (Å²) >= 11 is 0. The number of nitrogens with two attached hydrogens (primary N) is 1. The van der Waals surface area contributed by atoms with Gasteiger partial charge in [-0.25, -0.2) is 4.98 Å². The number of hydrogen-bond acceptors (Lipinski definition) is 4. The largest absolute Gasteiger partial charge is 0.477 e. The van der Waals surface area contributed by atoms with Gasteiger partial charge in [-0.3, -0.25) is 0 Å². The number of rotatable bonds is 5. The van der Waals surface area contributed by atoms with Gasteiger partial charge < -0.3 is 15.6 Å². The normalized spacial score (nSPS) is 10.0. The maximum absolute atomic E-state index is 8.55. The molecule has 0 bridgehead atoms. The van der Waals surface area contributed by atoms with Gasteiger partial charge in [0, 0.05) is 31.3 Å². The lowest BCUT2D eigenvalue weighted by Crippen LogP contribution is -2.06. The molecule has 1 rings (SSSR count). The van der Waals surface area contributed by atoms with E-state index in [4.69, 9.17) is 15.6 Å². The van der Waals surface area contributed by atoms with Crippen LogP contribution in [0, 0.1) is 0 Å². The Morgan fingerprint density at radius 2 is 2.38 bits per heavy atom. The lowest BCUT2D eigenvalue weighted by molar-refractivity contribution is 0.228. The molecule has 0 unspecified atom stereocenters. The second-order valence-electron chi connectivity index (χ2n) is 2.60. The molecule has 0 atom stereocenters. The summed E-state index contributed by atoms with van der Waals surface area (Å²) in [7, 11) is 0. The maximum Gasteiger partial charge on any atom is 0.217 e. The number of hydrogen-bond donors (Lipinski definition) is 2. The SMILES string of the molecule is NCc1cccnc1OCCCO. The van der Waals surface area contributed by atoms with Crippen molar-refractivity contribution in [3.8, 4) is 5.88 Å². The molecule has 72 valence electrons. The monoisotopic (exact) mass is 182 g/mol. The van der Waals surface area contributed by atoms with E-state index in [0.29, 0.717) is 25.5 Å². The van der Waals surface area contributed by atoms with E-state index in [1.807, 2.05) is 12.1 Å². The molecule has 1 heterocycles. The van der Waals surface area contributed by atoms with Gasteiger partial charge in [-0.15, -0.1) is 0 Å². The fourth-order valence-corrected chi connectivity index (χ4v) is 0.943. The molecule has 0 radical (unpaired) electrons. The predicted octanol–water partition coefficient (Wildman–Crippen LogP) is 0.301. The quantitative estimate of drug-likeness (QED) is 0.643. The highest BCUT2D eigenvalue weighted by molar-refractivity contribution is 5.24. The van der Waals surface area contributed by atoms with Crippen LogP contribution in [0.25, 0.3) is 0 Å². The van der Waals surface area contributed by atoms with E-state index in [1.165, 1.54) is 0 Å². The zero-order valence-electron chi connectivity index (χ0n) is 7.44. The van der Waals surface area contributed by atoms with Crippen LogP contribution in [0.15, 0.2) is 18.3 Å². The lowest BCUT2D eigenvalue weighted by Gasteiger charge is -2.07. The van der Waals surface area contributed by atoms with Crippen LogP contribution in [-0.2, 0) is 6.54 Å². The second-order valence-corrected chi connectivity index (χ2v) is 2.60. The van der Waals surface area contributed by atoms with E-state index in [0.717, 1.165) is 5.56 Å². The van der Waals surface area contributed by atoms with Crippen LogP contribution in [0.5, 0.6) is 5.88 Å². The molecule has 4 nitrogen and oxygen atoms in total. The van der Waals surface area contributed by atoms with Crippen LogP contribution < -0.4 is 10.5 Å². The second kappa shape index (κ2) is 5.50. The fraction of sp³-hybridized carbons (Fsp3) is 0.444. The number of ether oxygens (including phenoxy) is 1. The molecule has 0 saturated carbocycles. The fourth-order valence-electron chi connectivity index (χ4n) is 0.943. The first kappa shape index (κ1) is 9.95. The molecular weight excluding hydrogens is 168 g/mol. The highest BCUT2D eigenvalue weighted by Gasteiger charge is 2.01. The topological polar surface area (TPSA) is 68.4 Å². The van der Waals surface area contributed by atoms with Crippen molar-refractivity contribution >= 4 is 0 Å². The van der Waals surface area contributed by atoms with Gasteiger partial charge in [0.05, 0.1) is 6.61 Å². The molecule has 0 aliphatic carbocycles. The molecule has 0 saturated heterocycles. The minimum atomic E-state index is 0.130. The van der Waals surface area contributed by atoms with Gasteiger partial charge in [0.25, 0.3) is 0 Å². The summed E-state index contributed by atoms with van der Waals surface area (Å²) in [5.41, 5.74) is 6.37. The summed E-state index contributed by atoms with van der Waals surface area (Å²) < 4.78 is 5.32. The third kappa shape index (κ3) is 3.01. The number of aliphatic hydroxyl groups is 1. The Morgan fingerprint density at radius 1 is 1.54 bits per heavy atom. The smallest absolute Gasteiger partial charge is 0.217 e. The van der Waals surface area contributed by atoms with Gasteiger partial charge in [0.1, 0.15) is 0 Å². The van der Waals surface area contributed by atoms with E-state index >= 15 is 0 Å². The van der Waals surface area contributed by atoms with Crippen molar-refractivity contribution in [2.45, 2.75) is 13.0 Å². The highest BCUT2D eigenvalue weighted by atomic mass is 16.5. The zero-order chi connectivity index (χ0) is 9.52. The van der Waals surface area contributed by atoms with Crippen LogP contribution >= 0.6 is 0 Å². The third-order valence-corrected chi connectivity index (χ3v) is 1.61. The van der Waals surface area contributed by atoms with E-state index in [-0.39, 0.29) is 6.61 Å². The van der Waals surface area contributed by atoms with Gasteiger partial charge in [-0.2, -0.15) is 0 Å². The molecule has 0 aliphatic heterocycles. The minimum absolute atomic E-state index is 0.130. The maximum atomic E-state index is 8.55. The molecule has 1 aromatic heterocycles. The first-order valence-corrected chi connectivity index (χ1v) is 4.26. The molecule has 13 heavy (non-hydrogen) atoms. The van der Waals surface area contributed by atoms with Gasteiger partial charge in [0.15, 0.2) is 0 Å². The highest BCUT2D eigenvalue weighted by Crippen LogP contribution is 2.12. The first-order valence-electron chi connectivity index (χ1n) is 4.26. The van der Waals surface area contributed by atoms with Crippen LogP contribution in [0.2, 0.25) is 0 Å². The number of aromatic nitrogens is 1. The lowest BCUT2D eigenvalue weighted by atomic mass is 10.3. The van der Waals surface area contributed by atoms with Crippen molar-refractivity contribution < 1.29 is 9.84 Å². The average Bonchev–Trinajstić information content (AvgIpc) is 2.19. The Bertz CT molecular complexity index is 253. The van der Waals surface area contributed by atoms with Crippen molar-refractivity contribution in [2.24, 2.45) is 5.73 Å². The molecule has 1 aromatic rings. The number of pyridine rings is 1. The van der Waals surface area contributed by atoms with Crippen molar-refractivity contribution in [1.29, 1.82) is 0 Å². The Hall–Kier alpha value is -1.13. The minimum Gasteiger partial charge on any atom is -0.477 e. The van der Waals surface area contributed by atoms with Gasteiger partial charge in [-0.05, 0) is 6.07 Å². The summed E-state index contributed by atoms with van der Waals surface area (Å²) in [6.07, 6.45) is 2.27. The van der Waals surface area contributed by atoms with Crippen LogP contribution in [0.3, 0.4) is 0 Å². The van der Waals surface area contributed by atoms with E-state index < -0.39 is 0 Å². The Morgan fingerprint density at radius 3 is 3.08 bits per heavy atom. The molecule has 4 heteroatoms. The van der Waals surface area contributed by atoms with E-state index in [9.17, 15) is 0 Å². The standard InChI is InChI=1S/C9H14N2O2/c10-7-8-3-1-4-11-9(8)13-6-2-5-12/h1,3-4,12H,2,5-7,10H2. The summed E-state index contributed by atoms with van der Waals surface area (Å²) in [5, 5.41) is 8.55. The Labute approximate surface area is 77.4 Å². The molecule has 0 amide bonds. The molecular formula is C9H14N2O2. The summed E-state index contributed by atoms with van der Waals surface area (Å²) in [6, 6.07) is 3.70. The van der Waals surface area contributed by atoms with Crippen molar-refractivity contribution in [1.82, 2.24) is 4.98 Å². The summed E-state index contributed by atoms with van der Waals surface area (Å²) in [4.78, 5) is 4.04. The van der Waals surface area contributed by atoms with Gasteiger partial charge in [0.2, 0.25) is 5.88 Å². The van der Waals surface area contributed by atoms with Crippen molar-refractivity contribution in [3.05, 3.63) is 23.9 Å². The molecule has 0 aliphatic rings. The number of aliphatic hydroxyl groups excluding tert-OH is 1. The van der Waals surface area contributed by atoms with Gasteiger partial charge >= 0.3 is 0 Å². The molecule has 0 spiro atoms. The van der Waals surface area contributed by atoms with Crippen molar-refractivity contribution in [3.63, 3.8) is 0 Å². The first-order chi connectivity index (χ1) is 6.38. The average molecular weight is 182 g/mol. The van der Waals surface area contributed by atoms with Crippen molar-refractivity contribution in [2.75, 3.05) is 13.2 Å². The Kier molecular flexibility index (Phi) is 4.21. The zero-order valence-corrected chi connectivity index (χ0v) is 7.44. The van der Waals surface area contributed by atoms with Crippen LogP contribution in [0.4, 0.5) is 0 Å². The molecule has 0 fully saturated rings. The summed E-state index contributed by atoms with van der Waals surface area (Å²) in [6.45, 7) is 1.02.